The van der Waals surface area contributed by atoms with Gasteiger partial charge in [0, 0.05) is 17.1 Å². The number of benzene rings is 2. The Hall–Kier alpha value is -2.10. The monoisotopic (exact) mass is 330 g/mol. The minimum Gasteiger partial charge on any atom is -0.296 e. The molecule has 3 nitrogen and oxygen atoms in total. The second kappa shape index (κ2) is 5.95. The van der Waals surface area contributed by atoms with Crippen molar-refractivity contribution in [2.45, 2.75) is 0 Å². The molecular weight excluding hydrogens is 319 g/mol. The number of fused-ring (bicyclic) bond motifs is 1. The van der Waals surface area contributed by atoms with Gasteiger partial charge in [-0.15, -0.1) is 0 Å². The maximum atomic E-state index is 12.3. The maximum Gasteiger partial charge on any atom is 0.261 e. The van der Waals surface area contributed by atoms with E-state index in [0.717, 1.165) is 5.56 Å². The zero-order chi connectivity index (χ0) is 15.7. The highest BCUT2D eigenvalue weighted by atomic mass is 35.5. The van der Waals surface area contributed by atoms with Crippen molar-refractivity contribution in [2.75, 3.05) is 0 Å². The van der Waals surface area contributed by atoms with Gasteiger partial charge in [-0.25, -0.2) is 4.98 Å². The lowest BCUT2D eigenvalue weighted by atomic mass is 10.2. The van der Waals surface area contributed by atoms with Crippen LogP contribution in [0.2, 0.25) is 10.0 Å². The van der Waals surface area contributed by atoms with E-state index in [9.17, 15) is 4.79 Å². The summed E-state index contributed by atoms with van der Waals surface area (Å²) in [5.41, 5.74) is 1.41. The Morgan fingerprint density at radius 1 is 1.09 bits per heavy atom. The number of nitrogens with zero attached hydrogens (tertiary/aromatic N) is 2. The molecule has 0 unspecified atom stereocenters. The summed E-state index contributed by atoms with van der Waals surface area (Å²) in [5, 5.41) is 1.74. The number of hydrogen-bond acceptors (Lipinski definition) is 2. The van der Waals surface area contributed by atoms with Crippen LogP contribution >= 0.6 is 23.2 Å². The molecule has 3 aromatic rings. The quantitative estimate of drug-likeness (QED) is 0.697. The third-order valence-corrected chi connectivity index (χ3v) is 3.95. The number of aromatic nitrogens is 2. The van der Waals surface area contributed by atoms with Gasteiger partial charge >= 0.3 is 0 Å². The van der Waals surface area contributed by atoms with Gasteiger partial charge in [0.2, 0.25) is 0 Å². The molecule has 0 spiro atoms. The average Bonchev–Trinajstić information content (AvgIpc) is 2.51. The van der Waals surface area contributed by atoms with Crippen molar-refractivity contribution in [1.82, 2.24) is 9.55 Å². The van der Waals surface area contributed by atoms with Crippen LogP contribution in [0.25, 0.3) is 23.1 Å². The highest BCUT2D eigenvalue weighted by molar-refractivity contribution is 6.35. The summed E-state index contributed by atoms with van der Waals surface area (Å²) in [6, 6.07) is 12.5. The lowest BCUT2D eigenvalue weighted by Gasteiger charge is -2.05. The van der Waals surface area contributed by atoms with E-state index in [4.69, 9.17) is 23.2 Å². The average molecular weight is 331 g/mol. The molecule has 0 saturated carbocycles. The van der Waals surface area contributed by atoms with Crippen LogP contribution in [0.4, 0.5) is 0 Å². The van der Waals surface area contributed by atoms with Crippen molar-refractivity contribution in [3.05, 3.63) is 74.3 Å². The molecular formula is C17H12Cl2N2O. The fourth-order valence-corrected chi connectivity index (χ4v) is 2.66. The highest BCUT2D eigenvalue weighted by Crippen LogP contribution is 2.22. The molecule has 0 amide bonds. The largest absolute Gasteiger partial charge is 0.296 e. The van der Waals surface area contributed by atoms with E-state index in [2.05, 4.69) is 4.98 Å². The molecule has 0 saturated heterocycles. The summed E-state index contributed by atoms with van der Waals surface area (Å²) < 4.78 is 1.52. The van der Waals surface area contributed by atoms with E-state index in [1.54, 1.807) is 31.3 Å². The summed E-state index contributed by atoms with van der Waals surface area (Å²) in [6.45, 7) is 0. The van der Waals surface area contributed by atoms with Crippen molar-refractivity contribution >= 4 is 46.3 Å². The molecule has 0 aliphatic heterocycles. The van der Waals surface area contributed by atoms with Gasteiger partial charge in [0.1, 0.15) is 5.82 Å². The number of rotatable bonds is 2. The normalized spacial score (nSPS) is 11.4. The van der Waals surface area contributed by atoms with Crippen LogP contribution in [-0.4, -0.2) is 9.55 Å². The van der Waals surface area contributed by atoms with Gasteiger partial charge in [-0.1, -0.05) is 41.4 Å². The zero-order valence-corrected chi connectivity index (χ0v) is 13.3. The predicted molar refractivity (Wildman–Crippen MR) is 92.4 cm³/mol. The Labute approximate surface area is 137 Å². The molecule has 0 atom stereocenters. The SMILES string of the molecule is Cn1c(/C=C/c2ccc(Cl)cc2Cl)nc2ccccc2c1=O. The van der Waals surface area contributed by atoms with Crippen LogP contribution in [0, 0.1) is 0 Å². The molecule has 110 valence electrons. The molecule has 5 heteroatoms. The summed E-state index contributed by atoms with van der Waals surface area (Å²) in [6.07, 6.45) is 3.58. The summed E-state index contributed by atoms with van der Waals surface area (Å²) in [5.74, 6) is 0.565. The van der Waals surface area contributed by atoms with Crippen molar-refractivity contribution in [1.29, 1.82) is 0 Å². The van der Waals surface area contributed by atoms with Crippen molar-refractivity contribution in [3.8, 4) is 0 Å². The van der Waals surface area contributed by atoms with Crippen LogP contribution in [0.5, 0.6) is 0 Å². The van der Waals surface area contributed by atoms with E-state index >= 15 is 0 Å². The molecule has 1 aromatic heterocycles. The summed E-state index contributed by atoms with van der Waals surface area (Å²) in [7, 11) is 1.70. The van der Waals surface area contributed by atoms with Crippen LogP contribution in [0.1, 0.15) is 11.4 Å². The number of para-hydroxylation sites is 1. The van der Waals surface area contributed by atoms with Gasteiger partial charge in [0.15, 0.2) is 0 Å². The smallest absolute Gasteiger partial charge is 0.261 e. The van der Waals surface area contributed by atoms with E-state index in [-0.39, 0.29) is 5.56 Å². The Kier molecular flexibility index (Phi) is 4.01. The molecule has 22 heavy (non-hydrogen) atoms. The van der Waals surface area contributed by atoms with Gasteiger partial charge < -0.3 is 0 Å². The Bertz CT molecular complexity index is 945. The third kappa shape index (κ3) is 2.78. The molecule has 2 aromatic carbocycles. The molecule has 1 heterocycles. The Morgan fingerprint density at radius 3 is 2.64 bits per heavy atom. The molecule has 0 radical (unpaired) electrons. The Balaban J connectivity index is 2.09. The van der Waals surface area contributed by atoms with Crippen LogP contribution < -0.4 is 5.56 Å². The first-order valence-electron chi connectivity index (χ1n) is 6.65. The first-order chi connectivity index (χ1) is 10.6. The van der Waals surface area contributed by atoms with Gasteiger partial charge in [0.25, 0.3) is 5.56 Å². The lowest BCUT2D eigenvalue weighted by molar-refractivity contribution is 0.828. The van der Waals surface area contributed by atoms with Crippen LogP contribution in [-0.2, 0) is 7.05 Å². The second-order valence-electron chi connectivity index (χ2n) is 4.85. The van der Waals surface area contributed by atoms with Gasteiger partial charge in [-0.3, -0.25) is 9.36 Å². The van der Waals surface area contributed by atoms with Gasteiger partial charge in [-0.2, -0.15) is 0 Å². The summed E-state index contributed by atoms with van der Waals surface area (Å²) >= 11 is 12.0. The Morgan fingerprint density at radius 2 is 1.86 bits per heavy atom. The van der Waals surface area contributed by atoms with E-state index in [0.29, 0.717) is 26.8 Å². The van der Waals surface area contributed by atoms with E-state index in [1.807, 2.05) is 30.3 Å². The molecule has 0 fully saturated rings. The molecule has 0 bridgehead atoms. The van der Waals surface area contributed by atoms with Crippen molar-refractivity contribution in [2.24, 2.45) is 7.05 Å². The van der Waals surface area contributed by atoms with Gasteiger partial charge in [-0.05, 0) is 42.0 Å². The molecule has 0 aliphatic carbocycles. The second-order valence-corrected chi connectivity index (χ2v) is 5.69. The number of hydrogen-bond donors (Lipinski definition) is 0. The topological polar surface area (TPSA) is 34.9 Å². The first kappa shape index (κ1) is 14.8. The number of halogens is 2. The fraction of sp³-hybridized carbons (Fsp3) is 0.0588. The highest BCUT2D eigenvalue weighted by Gasteiger charge is 2.05. The van der Waals surface area contributed by atoms with Crippen LogP contribution in [0.15, 0.2) is 47.3 Å². The minimum absolute atomic E-state index is 0.0764. The first-order valence-corrected chi connectivity index (χ1v) is 7.41. The third-order valence-electron chi connectivity index (χ3n) is 3.39. The maximum absolute atomic E-state index is 12.3. The minimum atomic E-state index is -0.0764. The summed E-state index contributed by atoms with van der Waals surface area (Å²) in [4.78, 5) is 16.8. The van der Waals surface area contributed by atoms with Gasteiger partial charge in [0.05, 0.1) is 10.9 Å². The van der Waals surface area contributed by atoms with E-state index in [1.165, 1.54) is 4.57 Å². The lowest BCUT2D eigenvalue weighted by Crippen LogP contribution is -2.20. The fourth-order valence-electron chi connectivity index (χ4n) is 2.19. The predicted octanol–water partition coefficient (Wildman–Crippen LogP) is 4.41. The molecule has 0 aliphatic rings. The zero-order valence-electron chi connectivity index (χ0n) is 11.8. The van der Waals surface area contributed by atoms with Crippen LogP contribution in [0.3, 0.4) is 0 Å². The van der Waals surface area contributed by atoms with Crippen molar-refractivity contribution in [3.63, 3.8) is 0 Å². The van der Waals surface area contributed by atoms with Crippen molar-refractivity contribution < 1.29 is 0 Å². The molecule has 0 N–H and O–H groups in total. The molecule has 3 rings (SSSR count). The standard InChI is InChI=1S/C17H12Cl2N2O/c1-21-16(9-7-11-6-8-12(18)10-14(11)19)20-15-5-3-2-4-13(15)17(21)22/h2-10H,1H3/b9-7+. The van der Waals surface area contributed by atoms with E-state index < -0.39 is 0 Å².